The molecule has 3 nitrogen and oxygen atoms in total. The Kier molecular flexibility index (Phi) is 3.54. The Labute approximate surface area is 126 Å². The summed E-state index contributed by atoms with van der Waals surface area (Å²) in [6, 6.07) is 13.0. The highest BCUT2D eigenvalue weighted by Crippen LogP contribution is 2.21. The van der Waals surface area contributed by atoms with E-state index >= 15 is 0 Å². The number of nitrogens with zero attached hydrogens (tertiary/aromatic N) is 1. The number of carboxylic acids is 1. The molecule has 1 aromatic carbocycles. The lowest BCUT2D eigenvalue weighted by Gasteiger charge is -2.03. The van der Waals surface area contributed by atoms with Crippen LogP contribution in [0.1, 0.15) is 25.8 Å². The maximum absolute atomic E-state index is 11.4. The molecule has 3 aromatic rings. The van der Waals surface area contributed by atoms with Gasteiger partial charge in [0.05, 0.1) is 16.8 Å². The summed E-state index contributed by atoms with van der Waals surface area (Å²) in [6.07, 6.45) is 3.81. The Morgan fingerprint density at radius 1 is 1.19 bits per heavy atom. The van der Waals surface area contributed by atoms with E-state index in [0.717, 1.165) is 4.88 Å². The Hall–Kier alpha value is -2.46. The minimum atomic E-state index is -0.935. The molecule has 3 rings (SSSR count). The first kappa shape index (κ1) is 13.5. The van der Waals surface area contributed by atoms with Crippen LogP contribution in [0.3, 0.4) is 0 Å². The second-order valence-electron chi connectivity index (χ2n) is 4.70. The van der Waals surface area contributed by atoms with E-state index in [1.807, 2.05) is 36.4 Å². The molecule has 2 heterocycles. The van der Waals surface area contributed by atoms with E-state index in [0.29, 0.717) is 16.6 Å². The number of thiophene rings is 1. The fourth-order valence-electron chi connectivity index (χ4n) is 2.17. The number of aryl methyl sites for hydroxylation is 1. The van der Waals surface area contributed by atoms with Crippen LogP contribution < -0.4 is 0 Å². The van der Waals surface area contributed by atoms with Gasteiger partial charge in [-0.1, -0.05) is 18.2 Å². The van der Waals surface area contributed by atoms with E-state index in [9.17, 15) is 9.90 Å². The van der Waals surface area contributed by atoms with Gasteiger partial charge >= 0.3 is 5.97 Å². The average Bonchev–Trinajstić information content (AvgIpc) is 2.89. The predicted octanol–water partition coefficient (Wildman–Crippen LogP) is 4.47. The van der Waals surface area contributed by atoms with Crippen LogP contribution in [0, 0.1) is 6.92 Å². The Morgan fingerprint density at radius 2 is 2.00 bits per heavy atom. The first-order chi connectivity index (χ1) is 10.1. The van der Waals surface area contributed by atoms with Crippen molar-refractivity contribution >= 4 is 40.4 Å². The highest BCUT2D eigenvalue weighted by Gasteiger charge is 2.10. The molecule has 0 spiro atoms. The summed E-state index contributed by atoms with van der Waals surface area (Å²) in [5.41, 5.74) is 1.62. The van der Waals surface area contributed by atoms with Gasteiger partial charge in [-0.15, -0.1) is 11.3 Å². The number of aromatic nitrogens is 1. The number of carboxylic acid groups (broad SMARTS) is 1. The topological polar surface area (TPSA) is 50.2 Å². The van der Waals surface area contributed by atoms with Crippen molar-refractivity contribution in [2.75, 3.05) is 0 Å². The van der Waals surface area contributed by atoms with Gasteiger partial charge in [-0.2, -0.15) is 0 Å². The normalized spacial score (nSPS) is 11.3. The van der Waals surface area contributed by atoms with Crippen LogP contribution in [0.25, 0.3) is 23.1 Å². The van der Waals surface area contributed by atoms with Crippen LogP contribution in [-0.2, 0) is 0 Å². The lowest BCUT2D eigenvalue weighted by atomic mass is 10.1. The van der Waals surface area contributed by atoms with Gasteiger partial charge in [-0.25, -0.2) is 9.78 Å². The Bertz CT molecular complexity index is 849. The number of para-hydroxylation sites is 1. The van der Waals surface area contributed by atoms with Crippen LogP contribution in [0.5, 0.6) is 0 Å². The molecule has 0 aliphatic heterocycles. The number of fused-ring (bicyclic) bond motifs is 1. The molecule has 0 bridgehead atoms. The number of aromatic carboxylic acids is 1. The average molecular weight is 295 g/mol. The number of hydrogen-bond acceptors (Lipinski definition) is 3. The SMILES string of the molecule is Cc1ccc(/C=C/c2cc(C(=O)O)c3ccccc3n2)s1. The van der Waals surface area contributed by atoms with Crippen molar-refractivity contribution in [1.82, 2.24) is 4.98 Å². The first-order valence-electron chi connectivity index (χ1n) is 6.51. The van der Waals surface area contributed by atoms with Gasteiger partial charge < -0.3 is 5.11 Å². The van der Waals surface area contributed by atoms with E-state index in [4.69, 9.17) is 0 Å². The third-order valence-electron chi connectivity index (χ3n) is 3.15. The van der Waals surface area contributed by atoms with Gasteiger partial charge in [-0.05, 0) is 43.3 Å². The summed E-state index contributed by atoms with van der Waals surface area (Å²) < 4.78 is 0. The summed E-state index contributed by atoms with van der Waals surface area (Å²) in [4.78, 5) is 18.3. The van der Waals surface area contributed by atoms with Gasteiger partial charge in [0.25, 0.3) is 0 Å². The standard InChI is InChI=1S/C17H13NO2S/c1-11-6-8-13(21-11)9-7-12-10-15(17(19)20)14-4-2-3-5-16(14)18-12/h2-10H,1H3,(H,19,20)/b9-7+. The maximum Gasteiger partial charge on any atom is 0.336 e. The summed E-state index contributed by atoms with van der Waals surface area (Å²) in [6.45, 7) is 2.05. The highest BCUT2D eigenvalue weighted by molar-refractivity contribution is 7.12. The van der Waals surface area contributed by atoms with Crippen molar-refractivity contribution < 1.29 is 9.90 Å². The molecule has 0 atom stereocenters. The van der Waals surface area contributed by atoms with Crippen molar-refractivity contribution in [2.24, 2.45) is 0 Å². The number of pyridine rings is 1. The Morgan fingerprint density at radius 3 is 2.71 bits per heavy atom. The van der Waals surface area contributed by atoms with Gasteiger partial charge in [0.15, 0.2) is 0 Å². The molecule has 2 aromatic heterocycles. The summed E-state index contributed by atoms with van der Waals surface area (Å²) in [7, 11) is 0. The fourth-order valence-corrected chi connectivity index (χ4v) is 2.95. The van der Waals surface area contributed by atoms with Crippen LogP contribution in [0.2, 0.25) is 0 Å². The summed E-state index contributed by atoms with van der Waals surface area (Å²) in [5.74, 6) is -0.935. The molecule has 104 valence electrons. The van der Waals surface area contributed by atoms with Crippen LogP contribution in [0.15, 0.2) is 42.5 Å². The van der Waals surface area contributed by atoms with Crippen molar-refractivity contribution in [1.29, 1.82) is 0 Å². The zero-order chi connectivity index (χ0) is 14.8. The molecular weight excluding hydrogens is 282 g/mol. The molecule has 0 aliphatic carbocycles. The van der Waals surface area contributed by atoms with Gasteiger partial charge in [0.1, 0.15) is 0 Å². The third kappa shape index (κ3) is 2.85. The second kappa shape index (κ2) is 5.50. The van der Waals surface area contributed by atoms with Crippen molar-refractivity contribution in [3.8, 4) is 0 Å². The van der Waals surface area contributed by atoms with Crippen LogP contribution in [-0.4, -0.2) is 16.1 Å². The molecule has 0 fully saturated rings. The number of rotatable bonds is 3. The van der Waals surface area contributed by atoms with Crippen LogP contribution >= 0.6 is 11.3 Å². The Balaban J connectivity index is 2.07. The van der Waals surface area contributed by atoms with Gasteiger partial charge in [0, 0.05) is 15.1 Å². The largest absolute Gasteiger partial charge is 0.478 e. The van der Waals surface area contributed by atoms with Crippen molar-refractivity contribution in [3.05, 3.63) is 63.5 Å². The van der Waals surface area contributed by atoms with E-state index in [1.165, 1.54) is 4.88 Å². The maximum atomic E-state index is 11.4. The molecule has 0 radical (unpaired) electrons. The molecule has 21 heavy (non-hydrogen) atoms. The van der Waals surface area contributed by atoms with E-state index in [1.54, 1.807) is 23.5 Å². The smallest absolute Gasteiger partial charge is 0.336 e. The number of carbonyl (C=O) groups is 1. The van der Waals surface area contributed by atoms with E-state index in [2.05, 4.69) is 18.0 Å². The molecule has 1 N–H and O–H groups in total. The monoisotopic (exact) mass is 295 g/mol. The second-order valence-corrected chi connectivity index (χ2v) is 6.02. The van der Waals surface area contributed by atoms with Crippen LogP contribution in [0.4, 0.5) is 0 Å². The quantitative estimate of drug-likeness (QED) is 0.775. The molecule has 0 saturated carbocycles. The number of benzene rings is 1. The molecule has 0 amide bonds. The summed E-state index contributed by atoms with van der Waals surface area (Å²) >= 11 is 1.69. The van der Waals surface area contributed by atoms with Crippen molar-refractivity contribution in [3.63, 3.8) is 0 Å². The minimum absolute atomic E-state index is 0.280. The van der Waals surface area contributed by atoms with Gasteiger partial charge in [0.2, 0.25) is 0 Å². The zero-order valence-electron chi connectivity index (χ0n) is 11.4. The minimum Gasteiger partial charge on any atom is -0.478 e. The van der Waals surface area contributed by atoms with Crippen molar-refractivity contribution in [2.45, 2.75) is 6.92 Å². The lowest BCUT2D eigenvalue weighted by Crippen LogP contribution is -1.99. The third-order valence-corrected chi connectivity index (χ3v) is 4.11. The van der Waals surface area contributed by atoms with E-state index < -0.39 is 5.97 Å². The molecule has 0 saturated heterocycles. The summed E-state index contributed by atoms with van der Waals surface area (Å²) in [5, 5.41) is 10.0. The fraction of sp³-hybridized carbons (Fsp3) is 0.0588. The zero-order valence-corrected chi connectivity index (χ0v) is 12.2. The molecular formula is C17H13NO2S. The number of hydrogen-bond donors (Lipinski definition) is 1. The molecule has 4 heteroatoms. The highest BCUT2D eigenvalue weighted by atomic mass is 32.1. The van der Waals surface area contributed by atoms with E-state index in [-0.39, 0.29) is 5.56 Å². The van der Waals surface area contributed by atoms with Gasteiger partial charge in [-0.3, -0.25) is 0 Å². The lowest BCUT2D eigenvalue weighted by molar-refractivity contribution is 0.0699. The molecule has 0 aliphatic rings. The predicted molar refractivity (Wildman–Crippen MR) is 86.7 cm³/mol. The first-order valence-corrected chi connectivity index (χ1v) is 7.33. The molecule has 0 unspecified atom stereocenters.